The maximum Gasteiger partial charge on any atom is 0.315 e. The normalized spacial score (nSPS) is 9.87. The van der Waals surface area contributed by atoms with Crippen LogP contribution >= 0.6 is 0 Å². The number of anilines is 2. The number of carbonyl (C=O) groups is 2. The van der Waals surface area contributed by atoms with E-state index in [1.165, 1.54) is 14.2 Å². The molecule has 0 saturated heterocycles. The van der Waals surface area contributed by atoms with E-state index in [-0.39, 0.29) is 0 Å². The van der Waals surface area contributed by atoms with Crippen molar-refractivity contribution in [3.05, 3.63) is 42.1 Å². The van der Waals surface area contributed by atoms with E-state index in [0.29, 0.717) is 23.0 Å². The van der Waals surface area contributed by atoms with Gasteiger partial charge in [-0.15, -0.1) is 0 Å². The molecule has 2 N–H and O–H groups in total. The first kappa shape index (κ1) is 16.3. The molecular formula is C16H17N3O4. The second-order valence-corrected chi connectivity index (χ2v) is 4.64. The number of carbonyl (C=O) groups excluding carboxylic acids is 2. The molecule has 7 nitrogen and oxygen atoms in total. The van der Waals surface area contributed by atoms with E-state index in [1.54, 1.807) is 43.3 Å². The number of amides is 2. The van der Waals surface area contributed by atoms with Crippen LogP contribution in [0.3, 0.4) is 0 Å². The first-order valence-corrected chi connectivity index (χ1v) is 6.81. The molecule has 0 aliphatic carbocycles. The summed E-state index contributed by atoms with van der Waals surface area (Å²) < 4.78 is 10.2. The number of hydrogen-bond donors (Lipinski definition) is 2. The second kappa shape index (κ2) is 7.26. The third-order valence-corrected chi connectivity index (χ3v) is 2.99. The Bertz CT molecular complexity index is 731. The lowest BCUT2D eigenvalue weighted by Crippen LogP contribution is -2.29. The lowest BCUT2D eigenvalue weighted by Gasteiger charge is -2.11. The lowest BCUT2D eigenvalue weighted by molar-refractivity contribution is -0.133. The van der Waals surface area contributed by atoms with Gasteiger partial charge in [-0.1, -0.05) is 6.07 Å². The molecule has 0 saturated carbocycles. The van der Waals surface area contributed by atoms with Gasteiger partial charge in [-0.05, 0) is 31.2 Å². The van der Waals surface area contributed by atoms with Gasteiger partial charge in [0.2, 0.25) is 0 Å². The second-order valence-electron chi connectivity index (χ2n) is 4.64. The molecule has 2 amide bonds. The Hall–Kier alpha value is -3.09. The highest BCUT2D eigenvalue weighted by Crippen LogP contribution is 2.28. The Kier molecular flexibility index (Phi) is 5.14. The number of ether oxygens (including phenoxy) is 2. The summed E-state index contributed by atoms with van der Waals surface area (Å²) in [5, 5.41) is 4.92. The van der Waals surface area contributed by atoms with Crippen molar-refractivity contribution in [2.75, 3.05) is 24.9 Å². The van der Waals surface area contributed by atoms with Crippen LogP contribution in [0.2, 0.25) is 0 Å². The van der Waals surface area contributed by atoms with Crippen LogP contribution in [0.15, 0.2) is 36.4 Å². The minimum Gasteiger partial charge on any atom is -0.497 e. The summed E-state index contributed by atoms with van der Waals surface area (Å²) in [6.45, 7) is 1.79. The summed E-state index contributed by atoms with van der Waals surface area (Å²) in [5.74, 6) is -0.405. The van der Waals surface area contributed by atoms with E-state index in [9.17, 15) is 9.59 Å². The highest BCUT2D eigenvalue weighted by Gasteiger charge is 2.17. The van der Waals surface area contributed by atoms with Crippen molar-refractivity contribution in [1.29, 1.82) is 0 Å². The Morgan fingerprint density at radius 3 is 2.39 bits per heavy atom. The summed E-state index contributed by atoms with van der Waals surface area (Å²) in [5.41, 5.74) is 1.07. The van der Waals surface area contributed by atoms with Gasteiger partial charge in [-0.2, -0.15) is 0 Å². The van der Waals surface area contributed by atoms with Crippen LogP contribution in [0.4, 0.5) is 11.5 Å². The first-order chi connectivity index (χ1) is 11.0. The molecule has 0 unspecified atom stereocenters. The molecule has 0 radical (unpaired) electrons. The van der Waals surface area contributed by atoms with Crippen molar-refractivity contribution in [2.45, 2.75) is 6.92 Å². The summed E-state index contributed by atoms with van der Waals surface area (Å²) >= 11 is 0. The SMILES string of the molecule is COc1ccc(OC)c(NC(=O)C(=O)Nc2cccc(C)n2)c1. The molecule has 0 aliphatic rings. The van der Waals surface area contributed by atoms with Crippen LogP contribution in [-0.2, 0) is 9.59 Å². The van der Waals surface area contributed by atoms with E-state index in [1.807, 2.05) is 0 Å². The maximum atomic E-state index is 12.0. The zero-order valence-corrected chi connectivity index (χ0v) is 13.0. The van der Waals surface area contributed by atoms with Crippen LogP contribution in [0.1, 0.15) is 5.69 Å². The molecule has 1 aromatic carbocycles. The van der Waals surface area contributed by atoms with Gasteiger partial charge >= 0.3 is 11.8 Å². The van der Waals surface area contributed by atoms with Crippen LogP contribution in [-0.4, -0.2) is 31.0 Å². The molecular weight excluding hydrogens is 298 g/mol. The number of nitrogens with one attached hydrogen (secondary N) is 2. The van der Waals surface area contributed by atoms with Crippen molar-refractivity contribution in [3.8, 4) is 11.5 Å². The predicted molar refractivity (Wildman–Crippen MR) is 85.8 cm³/mol. The molecule has 0 atom stereocenters. The summed E-state index contributed by atoms with van der Waals surface area (Å²) in [7, 11) is 2.97. The summed E-state index contributed by atoms with van der Waals surface area (Å²) in [6, 6.07) is 10.0. The number of rotatable bonds is 4. The number of aryl methyl sites for hydroxylation is 1. The average Bonchev–Trinajstić information content (AvgIpc) is 2.54. The predicted octanol–water partition coefficient (Wildman–Crippen LogP) is 1.98. The van der Waals surface area contributed by atoms with E-state index in [0.717, 1.165) is 5.69 Å². The van der Waals surface area contributed by atoms with E-state index < -0.39 is 11.8 Å². The zero-order chi connectivity index (χ0) is 16.8. The minimum atomic E-state index is -0.833. The van der Waals surface area contributed by atoms with Crippen LogP contribution in [0.5, 0.6) is 11.5 Å². The fourth-order valence-electron chi connectivity index (χ4n) is 1.88. The molecule has 2 aromatic rings. The fourth-order valence-corrected chi connectivity index (χ4v) is 1.88. The molecule has 120 valence electrons. The zero-order valence-electron chi connectivity index (χ0n) is 13.0. The highest BCUT2D eigenvalue weighted by atomic mass is 16.5. The molecule has 7 heteroatoms. The maximum absolute atomic E-state index is 12.0. The number of hydrogen-bond acceptors (Lipinski definition) is 5. The summed E-state index contributed by atoms with van der Waals surface area (Å²) in [6.07, 6.45) is 0. The molecule has 0 fully saturated rings. The van der Waals surface area contributed by atoms with Crippen LogP contribution in [0.25, 0.3) is 0 Å². The third-order valence-electron chi connectivity index (χ3n) is 2.99. The van der Waals surface area contributed by atoms with E-state index >= 15 is 0 Å². The van der Waals surface area contributed by atoms with Gasteiger partial charge in [0.15, 0.2) is 0 Å². The van der Waals surface area contributed by atoms with E-state index in [4.69, 9.17) is 9.47 Å². The molecule has 23 heavy (non-hydrogen) atoms. The van der Waals surface area contributed by atoms with E-state index in [2.05, 4.69) is 15.6 Å². The molecule has 2 rings (SSSR count). The summed E-state index contributed by atoms with van der Waals surface area (Å²) in [4.78, 5) is 28.1. The van der Waals surface area contributed by atoms with Crippen molar-refractivity contribution in [1.82, 2.24) is 4.98 Å². The highest BCUT2D eigenvalue weighted by molar-refractivity contribution is 6.43. The number of aromatic nitrogens is 1. The Balaban J connectivity index is 2.10. The standard InChI is InChI=1S/C16H17N3O4/c1-10-5-4-6-14(17-10)19-16(21)15(20)18-12-9-11(22-2)7-8-13(12)23-3/h4-9H,1-3H3,(H,18,20)(H,17,19,21). The third kappa shape index (κ3) is 4.19. The van der Waals surface area contributed by atoms with Crippen molar-refractivity contribution in [3.63, 3.8) is 0 Å². The minimum absolute atomic E-state index is 0.308. The average molecular weight is 315 g/mol. The molecule has 0 spiro atoms. The molecule has 1 heterocycles. The number of benzene rings is 1. The Morgan fingerprint density at radius 1 is 1.00 bits per heavy atom. The Labute approximate surface area is 133 Å². The first-order valence-electron chi connectivity index (χ1n) is 6.81. The van der Waals surface area contributed by atoms with Gasteiger partial charge in [0.1, 0.15) is 17.3 Å². The van der Waals surface area contributed by atoms with Gasteiger partial charge < -0.3 is 20.1 Å². The number of methoxy groups -OCH3 is 2. The largest absolute Gasteiger partial charge is 0.497 e. The molecule has 1 aromatic heterocycles. The topological polar surface area (TPSA) is 89.5 Å². The quantitative estimate of drug-likeness (QED) is 0.842. The monoisotopic (exact) mass is 315 g/mol. The lowest BCUT2D eigenvalue weighted by atomic mass is 10.2. The van der Waals surface area contributed by atoms with Crippen LogP contribution in [0, 0.1) is 6.92 Å². The van der Waals surface area contributed by atoms with Gasteiger partial charge in [0.25, 0.3) is 0 Å². The number of pyridine rings is 1. The van der Waals surface area contributed by atoms with Gasteiger partial charge in [0, 0.05) is 11.8 Å². The molecule has 0 aliphatic heterocycles. The van der Waals surface area contributed by atoms with Gasteiger partial charge in [0.05, 0.1) is 19.9 Å². The number of nitrogens with zero attached hydrogens (tertiary/aromatic N) is 1. The van der Waals surface area contributed by atoms with Crippen LogP contribution < -0.4 is 20.1 Å². The Morgan fingerprint density at radius 2 is 1.74 bits per heavy atom. The smallest absolute Gasteiger partial charge is 0.315 e. The van der Waals surface area contributed by atoms with Crippen molar-refractivity contribution < 1.29 is 19.1 Å². The molecule has 0 bridgehead atoms. The van der Waals surface area contributed by atoms with Crippen molar-refractivity contribution >= 4 is 23.3 Å². The fraction of sp³-hybridized carbons (Fsp3) is 0.188. The van der Waals surface area contributed by atoms with Crippen molar-refractivity contribution in [2.24, 2.45) is 0 Å². The van der Waals surface area contributed by atoms with Gasteiger partial charge in [-0.25, -0.2) is 4.98 Å². The van der Waals surface area contributed by atoms with Gasteiger partial charge in [-0.3, -0.25) is 9.59 Å².